The van der Waals surface area contributed by atoms with Crippen LogP contribution in [0.25, 0.3) is 16.6 Å². The van der Waals surface area contributed by atoms with E-state index in [1.165, 1.54) is 12.1 Å². The lowest BCUT2D eigenvalue weighted by Crippen LogP contribution is -2.13. The number of allylic oxidation sites excluding steroid dienone is 1. The third kappa shape index (κ3) is 5.26. The van der Waals surface area contributed by atoms with Gasteiger partial charge in [0.1, 0.15) is 18.2 Å². The van der Waals surface area contributed by atoms with Gasteiger partial charge in [0.25, 0.3) is 5.69 Å². The number of carbonyl (C=O) groups excluding carboxylic acids is 1. The Morgan fingerprint density at radius 1 is 1.14 bits per heavy atom. The van der Waals surface area contributed by atoms with Crippen molar-refractivity contribution in [2.24, 2.45) is 0 Å². The molecule has 4 aromatic rings. The number of nitrogens with one attached hydrogen (secondary N) is 2. The largest absolute Gasteiger partial charge is 0.507 e. The van der Waals surface area contributed by atoms with Crippen LogP contribution in [-0.2, 0) is 11.3 Å². The van der Waals surface area contributed by atoms with Gasteiger partial charge in [-0.25, -0.2) is 9.78 Å². The van der Waals surface area contributed by atoms with Gasteiger partial charge in [-0.2, -0.15) is 5.26 Å². The molecule has 1 heterocycles. The van der Waals surface area contributed by atoms with Crippen LogP contribution >= 0.6 is 0 Å². The van der Waals surface area contributed by atoms with Gasteiger partial charge in [-0.3, -0.25) is 10.1 Å². The molecule has 0 atom stereocenters. The molecule has 10 nitrogen and oxygen atoms in total. The molecular weight excluding hydrogens is 450 g/mol. The highest BCUT2D eigenvalue weighted by Crippen LogP contribution is 2.25. The van der Waals surface area contributed by atoms with E-state index in [0.717, 1.165) is 11.6 Å². The number of nitro groups is 1. The predicted molar refractivity (Wildman–Crippen MR) is 128 cm³/mol. The van der Waals surface area contributed by atoms with Crippen molar-refractivity contribution in [3.8, 4) is 6.07 Å². The number of aliphatic hydroxyl groups is 1. The summed E-state index contributed by atoms with van der Waals surface area (Å²) in [5.41, 5.74) is 1.99. The molecule has 0 saturated carbocycles. The fraction of sp³-hybridized carbons (Fsp3) is 0.0800. The number of nitrogens with zero attached hydrogens (tertiary/aromatic N) is 3. The number of aromatic amines is 1. The Kier molecular flexibility index (Phi) is 6.69. The summed E-state index contributed by atoms with van der Waals surface area (Å²) in [4.78, 5) is 30.6. The standard InChI is InChI=1S/C25H19N5O5/c26-13-19(24-28-21-8-4-5-9-22(21)29-24)23(31)15-35-25(32)18-12-17(30(33)34)10-11-20(18)27-14-16-6-2-1-3-7-16/h1-12,27,31H,14-15H2,(H,28,29)/b23-19-. The van der Waals surface area contributed by atoms with Crippen LogP contribution in [0.15, 0.2) is 78.6 Å². The van der Waals surface area contributed by atoms with E-state index in [-0.39, 0.29) is 22.6 Å². The van der Waals surface area contributed by atoms with E-state index in [1.807, 2.05) is 36.4 Å². The van der Waals surface area contributed by atoms with Crippen LogP contribution in [0.1, 0.15) is 21.7 Å². The van der Waals surface area contributed by atoms with Crippen molar-refractivity contribution in [3.63, 3.8) is 0 Å². The van der Waals surface area contributed by atoms with Gasteiger partial charge in [-0.15, -0.1) is 0 Å². The predicted octanol–water partition coefficient (Wildman–Crippen LogP) is 4.73. The maximum atomic E-state index is 12.8. The van der Waals surface area contributed by atoms with Gasteiger partial charge in [0, 0.05) is 24.4 Å². The van der Waals surface area contributed by atoms with Gasteiger partial charge in [0.05, 0.1) is 21.5 Å². The van der Waals surface area contributed by atoms with Crippen LogP contribution in [0.5, 0.6) is 0 Å². The number of fused-ring (bicyclic) bond motifs is 1. The summed E-state index contributed by atoms with van der Waals surface area (Å²) >= 11 is 0. The molecule has 0 aliphatic heterocycles. The smallest absolute Gasteiger partial charge is 0.340 e. The second kappa shape index (κ2) is 10.2. The van der Waals surface area contributed by atoms with Gasteiger partial charge in [-0.1, -0.05) is 42.5 Å². The minimum Gasteiger partial charge on any atom is -0.507 e. The lowest BCUT2D eigenvalue weighted by atomic mass is 10.1. The van der Waals surface area contributed by atoms with E-state index in [1.54, 1.807) is 24.3 Å². The number of H-pyrrole nitrogens is 1. The molecule has 0 aliphatic carbocycles. The van der Waals surface area contributed by atoms with Crippen molar-refractivity contribution >= 4 is 34.0 Å². The zero-order chi connectivity index (χ0) is 24.8. The van der Waals surface area contributed by atoms with Crippen LogP contribution in [-0.4, -0.2) is 32.6 Å². The van der Waals surface area contributed by atoms with Crippen molar-refractivity contribution in [3.05, 3.63) is 106 Å². The number of anilines is 1. The molecule has 0 unspecified atom stereocenters. The second-order valence-electron chi connectivity index (χ2n) is 7.44. The Labute approximate surface area is 199 Å². The number of ether oxygens (including phenoxy) is 1. The molecule has 3 aromatic carbocycles. The monoisotopic (exact) mass is 469 g/mol. The van der Waals surface area contributed by atoms with E-state index in [0.29, 0.717) is 23.3 Å². The SMILES string of the molecule is N#C/C(=C(/O)COC(=O)c1cc([N+](=O)[O-])ccc1NCc1ccccc1)c1nc2ccccc2[nH]1. The number of aromatic nitrogens is 2. The number of non-ortho nitro benzene ring substituents is 1. The molecule has 4 rings (SSSR count). The molecule has 0 aliphatic rings. The van der Waals surface area contributed by atoms with Gasteiger partial charge in [0.2, 0.25) is 0 Å². The molecule has 0 saturated heterocycles. The minimum absolute atomic E-state index is 0.0785. The van der Waals surface area contributed by atoms with Crippen molar-refractivity contribution in [1.82, 2.24) is 9.97 Å². The molecule has 10 heteroatoms. The number of para-hydroxylation sites is 2. The molecule has 0 spiro atoms. The van der Waals surface area contributed by atoms with E-state index in [4.69, 9.17) is 4.74 Å². The fourth-order valence-electron chi connectivity index (χ4n) is 3.37. The highest BCUT2D eigenvalue weighted by atomic mass is 16.6. The first kappa shape index (κ1) is 23.0. The third-order valence-electron chi connectivity index (χ3n) is 5.13. The van der Waals surface area contributed by atoms with Crippen LogP contribution in [0, 0.1) is 21.4 Å². The molecule has 0 bridgehead atoms. The van der Waals surface area contributed by atoms with Crippen molar-refractivity contribution in [1.29, 1.82) is 5.26 Å². The summed E-state index contributed by atoms with van der Waals surface area (Å²) in [6, 6.07) is 22.1. The van der Waals surface area contributed by atoms with E-state index in [9.17, 15) is 25.3 Å². The molecular formula is C25H19N5O5. The molecule has 0 amide bonds. The average molecular weight is 469 g/mol. The number of benzene rings is 3. The van der Waals surface area contributed by atoms with Gasteiger partial charge >= 0.3 is 5.97 Å². The Bertz CT molecular complexity index is 1440. The van der Waals surface area contributed by atoms with Crippen molar-refractivity contribution < 1.29 is 19.6 Å². The number of imidazole rings is 1. The molecule has 35 heavy (non-hydrogen) atoms. The van der Waals surface area contributed by atoms with Gasteiger partial charge in [-0.05, 0) is 23.8 Å². The average Bonchev–Trinajstić information content (AvgIpc) is 3.30. The molecule has 0 radical (unpaired) electrons. The number of nitriles is 1. The lowest BCUT2D eigenvalue weighted by Gasteiger charge is -2.12. The Hall–Kier alpha value is -5.17. The summed E-state index contributed by atoms with van der Waals surface area (Å²) in [5.74, 6) is -1.29. The third-order valence-corrected chi connectivity index (χ3v) is 5.13. The normalized spacial score (nSPS) is 11.4. The summed E-state index contributed by atoms with van der Waals surface area (Å²) in [5, 5.41) is 34.3. The molecule has 0 fully saturated rings. The maximum absolute atomic E-state index is 12.8. The number of aliphatic hydroxyl groups excluding tert-OH is 1. The summed E-state index contributed by atoms with van der Waals surface area (Å²) in [6.07, 6.45) is 0. The quantitative estimate of drug-likeness (QED) is 0.110. The molecule has 3 N–H and O–H groups in total. The number of carbonyl (C=O) groups is 1. The minimum atomic E-state index is -0.905. The Balaban J connectivity index is 1.55. The van der Waals surface area contributed by atoms with Crippen LogP contribution in [0.3, 0.4) is 0 Å². The van der Waals surface area contributed by atoms with Crippen LogP contribution in [0.4, 0.5) is 11.4 Å². The van der Waals surface area contributed by atoms with E-state index >= 15 is 0 Å². The summed E-state index contributed by atoms with van der Waals surface area (Å²) in [6.45, 7) is -0.256. The number of hydrogen-bond acceptors (Lipinski definition) is 8. The van der Waals surface area contributed by atoms with Crippen LogP contribution in [0.2, 0.25) is 0 Å². The van der Waals surface area contributed by atoms with E-state index < -0.39 is 23.3 Å². The zero-order valence-electron chi connectivity index (χ0n) is 18.3. The van der Waals surface area contributed by atoms with Crippen molar-refractivity contribution in [2.75, 3.05) is 11.9 Å². The Morgan fingerprint density at radius 2 is 1.89 bits per heavy atom. The summed E-state index contributed by atoms with van der Waals surface area (Å²) in [7, 11) is 0. The number of esters is 1. The van der Waals surface area contributed by atoms with E-state index in [2.05, 4.69) is 15.3 Å². The first-order valence-electron chi connectivity index (χ1n) is 10.5. The number of rotatable bonds is 8. The molecule has 174 valence electrons. The number of nitro benzene ring substituents is 1. The second-order valence-corrected chi connectivity index (χ2v) is 7.44. The Morgan fingerprint density at radius 3 is 2.60 bits per heavy atom. The first-order valence-corrected chi connectivity index (χ1v) is 10.5. The van der Waals surface area contributed by atoms with Crippen LogP contribution < -0.4 is 5.32 Å². The topological polar surface area (TPSA) is 154 Å². The maximum Gasteiger partial charge on any atom is 0.340 e. The van der Waals surface area contributed by atoms with Gasteiger partial charge in [0.15, 0.2) is 11.6 Å². The number of hydrogen-bond donors (Lipinski definition) is 3. The zero-order valence-corrected chi connectivity index (χ0v) is 18.3. The fourth-order valence-corrected chi connectivity index (χ4v) is 3.37. The molecule has 1 aromatic heterocycles. The summed E-state index contributed by atoms with van der Waals surface area (Å²) < 4.78 is 5.19. The lowest BCUT2D eigenvalue weighted by molar-refractivity contribution is -0.384. The van der Waals surface area contributed by atoms with Crippen molar-refractivity contribution in [2.45, 2.75) is 6.54 Å². The first-order chi connectivity index (χ1) is 17.0. The highest BCUT2D eigenvalue weighted by Gasteiger charge is 2.20. The van der Waals surface area contributed by atoms with Gasteiger partial charge < -0.3 is 20.1 Å². The highest BCUT2D eigenvalue weighted by molar-refractivity contribution is 5.96.